The molecule has 0 aliphatic heterocycles. The number of hydrazone groups is 1. The predicted octanol–water partition coefficient (Wildman–Crippen LogP) is 2.57. The fourth-order valence-electron chi connectivity index (χ4n) is 2.10. The lowest BCUT2D eigenvalue weighted by atomic mass is 10.2. The summed E-state index contributed by atoms with van der Waals surface area (Å²) in [7, 11) is 3.14. The SMILES string of the molecule is COc1ccc(C=NNC(=O)CNc2ccccc2C)cc1OC. The highest BCUT2D eigenvalue weighted by Crippen LogP contribution is 2.26. The number of carbonyl (C=O) groups excluding carboxylic acids is 1. The van der Waals surface area contributed by atoms with Crippen LogP contribution in [-0.2, 0) is 4.79 Å². The van der Waals surface area contributed by atoms with Crippen molar-refractivity contribution < 1.29 is 14.3 Å². The molecule has 0 aromatic heterocycles. The highest BCUT2D eigenvalue weighted by Gasteiger charge is 2.04. The summed E-state index contributed by atoms with van der Waals surface area (Å²) < 4.78 is 10.4. The third-order valence-corrected chi connectivity index (χ3v) is 3.39. The molecule has 0 aliphatic rings. The van der Waals surface area contributed by atoms with Crippen molar-refractivity contribution in [2.75, 3.05) is 26.1 Å². The minimum Gasteiger partial charge on any atom is -0.493 e. The first-order chi connectivity index (χ1) is 11.6. The van der Waals surface area contributed by atoms with Crippen LogP contribution in [0.15, 0.2) is 47.6 Å². The summed E-state index contributed by atoms with van der Waals surface area (Å²) in [6.07, 6.45) is 1.55. The highest BCUT2D eigenvalue weighted by molar-refractivity contribution is 5.85. The predicted molar refractivity (Wildman–Crippen MR) is 95.0 cm³/mol. The van der Waals surface area contributed by atoms with Crippen LogP contribution in [0.25, 0.3) is 0 Å². The van der Waals surface area contributed by atoms with E-state index in [0.717, 1.165) is 16.8 Å². The van der Waals surface area contributed by atoms with E-state index < -0.39 is 0 Å². The van der Waals surface area contributed by atoms with Crippen LogP contribution in [0.2, 0.25) is 0 Å². The largest absolute Gasteiger partial charge is 0.493 e. The maximum Gasteiger partial charge on any atom is 0.259 e. The van der Waals surface area contributed by atoms with Crippen LogP contribution in [0.5, 0.6) is 11.5 Å². The smallest absolute Gasteiger partial charge is 0.259 e. The van der Waals surface area contributed by atoms with E-state index in [1.807, 2.05) is 37.3 Å². The van der Waals surface area contributed by atoms with E-state index >= 15 is 0 Å². The molecule has 2 N–H and O–H groups in total. The average molecular weight is 327 g/mol. The van der Waals surface area contributed by atoms with Crippen molar-refractivity contribution in [3.05, 3.63) is 53.6 Å². The first kappa shape index (κ1) is 17.3. The summed E-state index contributed by atoms with van der Waals surface area (Å²) in [5.74, 6) is 1.02. The molecule has 6 nitrogen and oxygen atoms in total. The number of hydrogen-bond acceptors (Lipinski definition) is 5. The van der Waals surface area contributed by atoms with Gasteiger partial charge in [0.15, 0.2) is 11.5 Å². The Balaban J connectivity index is 1.87. The Morgan fingerprint density at radius 2 is 1.88 bits per heavy atom. The standard InChI is InChI=1S/C18H21N3O3/c1-13-6-4-5-7-15(13)19-12-18(22)21-20-11-14-8-9-16(23-2)17(10-14)24-3/h4-11,19H,12H2,1-3H3,(H,21,22). The number of methoxy groups -OCH3 is 2. The van der Waals surface area contributed by atoms with Gasteiger partial charge in [-0.05, 0) is 42.3 Å². The zero-order valence-corrected chi connectivity index (χ0v) is 14.0. The fourth-order valence-corrected chi connectivity index (χ4v) is 2.10. The third-order valence-electron chi connectivity index (χ3n) is 3.39. The second-order valence-electron chi connectivity index (χ2n) is 5.08. The van der Waals surface area contributed by atoms with Crippen molar-refractivity contribution in [1.29, 1.82) is 0 Å². The van der Waals surface area contributed by atoms with Gasteiger partial charge in [0.2, 0.25) is 0 Å². The van der Waals surface area contributed by atoms with Crippen LogP contribution >= 0.6 is 0 Å². The number of hydrogen-bond donors (Lipinski definition) is 2. The summed E-state index contributed by atoms with van der Waals surface area (Å²) in [5.41, 5.74) is 5.28. The Morgan fingerprint density at radius 3 is 2.58 bits per heavy atom. The number of anilines is 1. The van der Waals surface area contributed by atoms with Crippen molar-refractivity contribution in [1.82, 2.24) is 5.43 Å². The Morgan fingerprint density at radius 1 is 1.12 bits per heavy atom. The molecule has 0 atom stereocenters. The topological polar surface area (TPSA) is 72.0 Å². The van der Waals surface area contributed by atoms with E-state index in [2.05, 4.69) is 15.8 Å². The monoisotopic (exact) mass is 327 g/mol. The molecule has 0 fully saturated rings. The number of ether oxygens (including phenoxy) is 2. The van der Waals surface area contributed by atoms with Gasteiger partial charge >= 0.3 is 0 Å². The molecule has 0 heterocycles. The lowest BCUT2D eigenvalue weighted by molar-refractivity contribution is -0.119. The van der Waals surface area contributed by atoms with E-state index in [4.69, 9.17) is 9.47 Å². The number of rotatable bonds is 7. The van der Waals surface area contributed by atoms with Gasteiger partial charge in [-0.3, -0.25) is 4.79 Å². The van der Waals surface area contributed by atoms with Crippen molar-refractivity contribution in [3.63, 3.8) is 0 Å². The number of benzene rings is 2. The minimum absolute atomic E-state index is 0.147. The zero-order chi connectivity index (χ0) is 17.4. The van der Waals surface area contributed by atoms with E-state index in [1.54, 1.807) is 32.6 Å². The number of aryl methyl sites for hydroxylation is 1. The molecule has 2 aromatic rings. The van der Waals surface area contributed by atoms with E-state index in [0.29, 0.717) is 11.5 Å². The van der Waals surface area contributed by atoms with Crippen LogP contribution in [0, 0.1) is 6.92 Å². The fraction of sp³-hybridized carbons (Fsp3) is 0.222. The highest BCUT2D eigenvalue weighted by atomic mass is 16.5. The van der Waals surface area contributed by atoms with Gasteiger partial charge in [0.1, 0.15) is 0 Å². The Hall–Kier alpha value is -3.02. The Bertz CT molecular complexity index is 729. The molecule has 126 valence electrons. The molecular weight excluding hydrogens is 306 g/mol. The molecule has 2 rings (SSSR count). The maximum atomic E-state index is 11.8. The molecule has 0 bridgehead atoms. The van der Waals surface area contributed by atoms with Crippen LogP contribution < -0.4 is 20.2 Å². The third kappa shape index (κ3) is 4.74. The van der Waals surface area contributed by atoms with Crippen molar-refractivity contribution in [2.24, 2.45) is 5.10 Å². The van der Waals surface area contributed by atoms with Crippen LogP contribution in [0.3, 0.4) is 0 Å². The maximum absolute atomic E-state index is 11.8. The minimum atomic E-state index is -0.227. The zero-order valence-electron chi connectivity index (χ0n) is 14.0. The first-order valence-corrected chi connectivity index (χ1v) is 7.47. The molecular formula is C18H21N3O3. The van der Waals surface area contributed by atoms with Crippen LogP contribution in [-0.4, -0.2) is 32.9 Å². The van der Waals surface area contributed by atoms with Gasteiger partial charge < -0.3 is 14.8 Å². The molecule has 6 heteroatoms. The lowest BCUT2D eigenvalue weighted by Gasteiger charge is -2.08. The molecule has 2 aromatic carbocycles. The van der Waals surface area contributed by atoms with E-state index in [1.165, 1.54) is 0 Å². The van der Waals surface area contributed by atoms with Gasteiger partial charge in [-0.25, -0.2) is 5.43 Å². The summed E-state index contributed by atoms with van der Waals surface area (Å²) in [4.78, 5) is 11.8. The molecule has 0 spiro atoms. The Kier molecular flexibility index (Phi) is 6.19. The van der Waals surface area contributed by atoms with Crippen molar-refractivity contribution in [2.45, 2.75) is 6.92 Å². The molecule has 0 unspecified atom stereocenters. The second-order valence-corrected chi connectivity index (χ2v) is 5.08. The molecule has 0 saturated heterocycles. The first-order valence-electron chi connectivity index (χ1n) is 7.47. The van der Waals surface area contributed by atoms with Crippen LogP contribution in [0.1, 0.15) is 11.1 Å². The Labute approximate surface area is 141 Å². The molecule has 24 heavy (non-hydrogen) atoms. The van der Waals surface area contributed by atoms with Gasteiger partial charge in [-0.1, -0.05) is 18.2 Å². The molecule has 0 saturated carbocycles. The van der Waals surface area contributed by atoms with Gasteiger partial charge in [0.25, 0.3) is 5.91 Å². The summed E-state index contributed by atoms with van der Waals surface area (Å²) in [5, 5.41) is 7.02. The summed E-state index contributed by atoms with van der Waals surface area (Å²) in [6.45, 7) is 2.13. The van der Waals surface area contributed by atoms with Gasteiger partial charge in [0.05, 0.1) is 27.0 Å². The second kappa shape index (κ2) is 8.57. The molecule has 0 aliphatic carbocycles. The van der Waals surface area contributed by atoms with E-state index in [9.17, 15) is 4.79 Å². The van der Waals surface area contributed by atoms with Gasteiger partial charge in [0, 0.05) is 5.69 Å². The van der Waals surface area contributed by atoms with Crippen molar-refractivity contribution >= 4 is 17.8 Å². The van der Waals surface area contributed by atoms with Gasteiger partial charge in [-0.15, -0.1) is 0 Å². The number of para-hydroxylation sites is 1. The summed E-state index contributed by atoms with van der Waals surface area (Å²) in [6, 6.07) is 13.2. The number of carbonyl (C=O) groups is 1. The molecule has 1 amide bonds. The van der Waals surface area contributed by atoms with Crippen LogP contribution in [0.4, 0.5) is 5.69 Å². The lowest BCUT2D eigenvalue weighted by Crippen LogP contribution is -2.26. The summed E-state index contributed by atoms with van der Waals surface area (Å²) >= 11 is 0. The van der Waals surface area contributed by atoms with Gasteiger partial charge in [-0.2, -0.15) is 5.10 Å². The quantitative estimate of drug-likeness (QED) is 0.606. The van der Waals surface area contributed by atoms with E-state index in [-0.39, 0.29) is 12.5 Å². The number of nitrogens with zero attached hydrogens (tertiary/aromatic N) is 1. The molecule has 0 radical (unpaired) electrons. The van der Waals surface area contributed by atoms with Crippen molar-refractivity contribution in [3.8, 4) is 11.5 Å². The number of amides is 1. The average Bonchev–Trinajstić information content (AvgIpc) is 2.61. The normalized spacial score (nSPS) is 10.5. The number of nitrogens with one attached hydrogen (secondary N) is 2.